The van der Waals surface area contributed by atoms with Crippen LogP contribution < -0.4 is 5.32 Å². The fraction of sp³-hybridized carbons (Fsp3) is 0.545. The first kappa shape index (κ1) is 10.9. The third-order valence-corrected chi connectivity index (χ3v) is 2.59. The third-order valence-electron chi connectivity index (χ3n) is 2.59. The maximum atomic E-state index is 4.21. The highest BCUT2D eigenvalue weighted by Crippen LogP contribution is 2.18. The van der Waals surface area contributed by atoms with Gasteiger partial charge >= 0.3 is 0 Å². The van der Waals surface area contributed by atoms with Crippen molar-refractivity contribution in [1.29, 1.82) is 0 Å². The largest absolute Gasteiger partial charge is 0.368 e. The van der Waals surface area contributed by atoms with Gasteiger partial charge < -0.3 is 5.32 Å². The number of aromatic nitrogens is 4. The van der Waals surface area contributed by atoms with Gasteiger partial charge in [0.25, 0.3) is 0 Å². The average molecular weight is 219 g/mol. The molecule has 2 rings (SSSR count). The number of aromatic amines is 1. The van der Waals surface area contributed by atoms with E-state index in [4.69, 9.17) is 0 Å². The molecule has 2 heterocycles. The Morgan fingerprint density at radius 2 is 2.12 bits per heavy atom. The Morgan fingerprint density at radius 1 is 1.25 bits per heavy atom. The van der Waals surface area contributed by atoms with E-state index in [0.717, 1.165) is 35.5 Å². The number of nitrogens with one attached hydrogen (secondary N) is 2. The smallest absolute Gasteiger partial charge is 0.157 e. The molecule has 5 nitrogen and oxygen atoms in total. The fourth-order valence-electron chi connectivity index (χ4n) is 1.66. The van der Waals surface area contributed by atoms with E-state index in [2.05, 4.69) is 32.4 Å². The number of rotatable bonds is 5. The second kappa shape index (κ2) is 4.92. The number of H-pyrrole nitrogens is 1. The van der Waals surface area contributed by atoms with Gasteiger partial charge in [-0.1, -0.05) is 19.8 Å². The summed E-state index contributed by atoms with van der Waals surface area (Å²) in [6, 6.07) is 0. The number of unbranched alkanes of at least 4 members (excludes halogenated alkanes) is 2. The topological polar surface area (TPSA) is 66.5 Å². The quantitative estimate of drug-likeness (QED) is 0.757. The number of anilines is 1. The van der Waals surface area contributed by atoms with Gasteiger partial charge in [-0.2, -0.15) is 5.10 Å². The van der Waals surface area contributed by atoms with Crippen molar-refractivity contribution in [3.05, 3.63) is 12.0 Å². The molecule has 0 aliphatic carbocycles. The highest BCUT2D eigenvalue weighted by Gasteiger charge is 2.07. The van der Waals surface area contributed by atoms with Crippen LogP contribution in [0, 0.1) is 6.92 Å². The van der Waals surface area contributed by atoms with Gasteiger partial charge in [0.2, 0.25) is 0 Å². The van der Waals surface area contributed by atoms with Crippen molar-refractivity contribution in [3.8, 4) is 0 Å². The number of fused-ring (bicyclic) bond motifs is 1. The van der Waals surface area contributed by atoms with Crippen molar-refractivity contribution in [2.24, 2.45) is 0 Å². The van der Waals surface area contributed by atoms with E-state index in [1.807, 2.05) is 6.92 Å². The fourth-order valence-corrected chi connectivity index (χ4v) is 1.66. The predicted octanol–water partition coefficient (Wildman–Crippen LogP) is 2.26. The lowest BCUT2D eigenvalue weighted by Crippen LogP contribution is -2.04. The molecule has 86 valence electrons. The van der Waals surface area contributed by atoms with Gasteiger partial charge in [0.05, 0.1) is 5.69 Å². The minimum absolute atomic E-state index is 0.824. The summed E-state index contributed by atoms with van der Waals surface area (Å²) >= 11 is 0. The second-order valence-corrected chi connectivity index (χ2v) is 3.90. The second-order valence-electron chi connectivity index (χ2n) is 3.90. The van der Waals surface area contributed by atoms with Crippen LogP contribution in [0.3, 0.4) is 0 Å². The summed E-state index contributed by atoms with van der Waals surface area (Å²) in [5, 5.41) is 10.4. The summed E-state index contributed by atoms with van der Waals surface area (Å²) in [5.41, 5.74) is 2.71. The van der Waals surface area contributed by atoms with E-state index in [-0.39, 0.29) is 0 Å². The Morgan fingerprint density at radius 3 is 2.94 bits per heavy atom. The zero-order valence-electron chi connectivity index (χ0n) is 9.75. The first-order chi connectivity index (χ1) is 7.83. The maximum absolute atomic E-state index is 4.21. The molecule has 0 saturated carbocycles. The van der Waals surface area contributed by atoms with Crippen molar-refractivity contribution in [2.45, 2.75) is 33.1 Å². The molecule has 0 atom stereocenters. The Labute approximate surface area is 94.7 Å². The normalized spacial score (nSPS) is 10.9. The number of nitrogens with zero attached hydrogens (tertiary/aromatic N) is 3. The highest BCUT2D eigenvalue weighted by atomic mass is 15.2. The Hall–Kier alpha value is -1.65. The summed E-state index contributed by atoms with van der Waals surface area (Å²) in [7, 11) is 0. The molecule has 0 fully saturated rings. The number of hydrogen-bond acceptors (Lipinski definition) is 4. The summed E-state index contributed by atoms with van der Waals surface area (Å²) in [4.78, 5) is 8.41. The van der Waals surface area contributed by atoms with Crippen molar-refractivity contribution in [3.63, 3.8) is 0 Å². The number of hydrogen-bond donors (Lipinski definition) is 2. The molecule has 2 N–H and O–H groups in total. The summed E-state index contributed by atoms with van der Waals surface area (Å²) < 4.78 is 0. The van der Waals surface area contributed by atoms with Gasteiger partial charge in [-0.3, -0.25) is 5.10 Å². The van der Waals surface area contributed by atoms with Gasteiger partial charge in [-0.25, -0.2) is 9.97 Å². The summed E-state index contributed by atoms with van der Waals surface area (Å²) in [6.45, 7) is 5.09. The lowest BCUT2D eigenvalue weighted by molar-refractivity contribution is 0.742. The highest BCUT2D eigenvalue weighted by molar-refractivity contribution is 5.86. The molecule has 0 saturated heterocycles. The molecule has 0 aromatic carbocycles. The minimum atomic E-state index is 0.824. The standard InChI is InChI=1S/C11H17N5/c1-3-4-5-6-12-11-10-9(13-7-14-11)8(2)15-16-10/h7H,3-6H2,1-2H3,(H,15,16)(H,12,13,14). The Bertz CT molecular complexity index is 462. The zero-order valence-corrected chi connectivity index (χ0v) is 9.75. The van der Waals surface area contributed by atoms with E-state index in [0.29, 0.717) is 0 Å². The van der Waals surface area contributed by atoms with Gasteiger partial charge in [0, 0.05) is 6.54 Å². The molecular weight excluding hydrogens is 202 g/mol. The molecule has 0 unspecified atom stereocenters. The number of aryl methyl sites for hydroxylation is 1. The van der Waals surface area contributed by atoms with Gasteiger partial charge in [-0.05, 0) is 13.3 Å². The van der Waals surface area contributed by atoms with E-state index in [1.165, 1.54) is 12.8 Å². The molecule has 2 aromatic heterocycles. The maximum Gasteiger partial charge on any atom is 0.157 e. The molecule has 0 bridgehead atoms. The van der Waals surface area contributed by atoms with E-state index < -0.39 is 0 Å². The summed E-state index contributed by atoms with van der Waals surface area (Å²) in [6.07, 6.45) is 5.20. The zero-order chi connectivity index (χ0) is 11.4. The van der Waals surface area contributed by atoms with Crippen LogP contribution in [0.25, 0.3) is 11.0 Å². The lowest BCUT2D eigenvalue weighted by atomic mass is 10.2. The van der Waals surface area contributed by atoms with Crippen LogP contribution in [0.5, 0.6) is 0 Å². The van der Waals surface area contributed by atoms with Crippen molar-refractivity contribution in [1.82, 2.24) is 20.2 Å². The van der Waals surface area contributed by atoms with Crippen molar-refractivity contribution < 1.29 is 0 Å². The van der Waals surface area contributed by atoms with Crippen LogP contribution in [0.1, 0.15) is 31.9 Å². The summed E-state index contributed by atoms with van der Waals surface area (Å²) in [5.74, 6) is 0.824. The van der Waals surface area contributed by atoms with Gasteiger partial charge in [-0.15, -0.1) is 0 Å². The van der Waals surface area contributed by atoms with Crippen LogP contribution in [0.15, 0.2) is 6.33 Å². The molecule has 0 aliphatic rings. The minimum Gasteiger partial charge on any atom is -0.368 e. The van der Waals surface area contributed by atoms with Crippen LogP contribution in [-0.2, 0) is 0 Å². The van der Waals surface area contributed by atoms with Crippen molar-refractivity contribution >= 4 is 16.9 Å². The van der Waals surface area contributed by atoms with Crippen LogP contribution >= 0.6 is 0 Å². The molecule has 0 aliphatic heterocycles. The first-order valence-electron chi connectivity index (χ1n) is 5.72. The first-order valence-corrected chi connectivity index (χ1v) is 5.72. The Balaban J connectivity index is 2.11. The average Bonchev–Trinajstić information content (AvgIpc) is 2.68. The molecular formula is C11H17N5. The monoisotopic (exact) mass is 219 g/mol. The van der Waals surface area contributed by atoms with E-state index in [9.17, 15) is 0 Å². The predicted molar refractivity (Wildman–Crippen MR) is 64.4 cm³/mol. The Kier molecular flexibility index (Phi) is 3.34. The molecule has 0 amide bonds. The molecule has 0 radical (unpaired) electrons. The molecule has 16 heavy (non-hydrogen) atoms. The van der Waals surface area contributed by atoms with E-state index in [1.54, 1.807) is 6.33 Å². The van der Waals surface area contributed by atoms with Crippen molar-refractivity contribution in [2.75, 3.05) is 11.9 Å². The van der Waals surface area contributed by atoms with Gasteiger partial charge in [0.1, 0.15) is 11.8 Å². The van der Waals surface area contributed by atoms with Crippen LogP contribution in [0.2, 0.25) is 0 Å². The SMILES string of the molecule is CCCCCNc1ncnc2c(C)[nH]nc12. The van der Waals surface area contributed by atoms with Gasteiger partial charge in [0.15, 0.2) is 11.3 Å². The van der Waals surface area contributed by atoms with E-state index >= 15 is 0 Å². The lowest BCUT2D eigenvalue weighted by Gasteiger charge is -2.04. The molecule has 5 heteroatoms. The molecule has 2 aromatic rings. The molecule has 0 spiro atoms. The van der Waals surface area contributed by atoms with Crippen LogP contribution in [-0.4, -0.2) is 26.7 Å². The third kappa shape index (κ3) is 2.13. The van der Waals surface area contributed by atoms with Crippen LogP contribution in [0.4, 0.5) is 5.82 Å².